The van der Waals surface area contributed by atoms with E-state index in [9.17, 15) is 27.2 Å². The third kappa shape index (κ3) is 4.58. The summed E-state index contributed by atoms with van der Waals surface area (Å²) in [6.45, 7) is 2.50. The first-order chi connectivity index (χ1) is 12.8. The van der Waals surface area contributed by atoms with E-state index in [4.69, 9.17) is 0 Å². The van der Waals surface area contributed by atoms with Crippen LogP contribution in [0.2, 0.25) is 0 Å². The topological polar surface area (TPSA) is 43.9 Å². The Morgan fingerprint density at radius 1 is 1.00 bits per heavy atom. The van der Waals surface area contributed by atoms with Gasteiger partial charge in [0.05, 0.1) is 0 Å². The molecule has 0 radical (unpaired) electrons. The first-order valence-electron chi connectivity index (χ1n) is 8.89. The van der Waals surface area contributed by atoms with Crippen molar-refractivity contribution in [1.82, 2.24) is 14.7 Å². The number of likely N-dealkylation sites (tertiary alicyclic amines) is 1. The summed E-state index contributed by atoms with van der Waals surface area (Å²) in [4.78, 5) is 28.5. The fourth-order valence-corrected chi connectivity index (χ4v) is 3.61. The number of piperazine rings is 1. The molecule has 148 valence electrons. The van der Waals surface area contributed by atoms with E-state index in [1.165, 1.54) is 17.0 Å². The molecule has 2 aliphatic rings. The minimum atomic E-state index is -4.96. The summed E-state index contributed by atoms with van der Waals surface area (Å²) in [5, 5.41) is 0. The van der Waals surface area contributed by atoms with Crippen molar-refractivity contribution in [3.05, 3.63) is 35.6 Å². The molecule has 9 heteroatoms. The molecule has 2 fully saturated rings. The van der Waals surface area contributed by atoms with Gasteiger partial charge in [0.2, 0.25) is 5.91 Å². The number of carbonyl (C=O) groups is 2. The molecular weight excluding hydrogens is 366 g/mol. The van der Waals surface area contributed by atoms with E-state index in [2.05, 4.69) is 4.90 Å². The largest absolute Gasteiger partial charge is 0.471 e. The summed E-state index contributed by atoms with van der Waals surface area (Å²) in [6, 6.07) is 5.16. The van der Waals surface area contributed by atoms with Gasteiger partial charge in [-0.15, -0.1) is 0 Å². The molecule has 1 atom stereocenters. The van der Waals surface area contributed by atoms with E-state index in [0.29, 0.717) is 44.0 Å². The Balaban J connectivity index is 1.55. The van der Waals surface area contributed by atoms with Crippen molar-refractivity contribution in [2.24, 2.45) is 0 Å². The Morgan fingerprint density at radius 3 is 2.22 bits per heavy atom. The molecule has 1 aromatic rings. The van der Waals surface area contributed by atoms with Crippen LogP contribution in [0.3, 0.4) is 0 Å². The van der Waals surface area contributed by atoms with Gasteiger partial charge in [0, 0.05) is 39.3 Å². The van der Waals surface area contributed by atoms with Crippen molar-refractivity contribution in [2.75, 3.05) is 32.7 Å². The molecule has 0 aromatic heterocycles. The summed E-state index contributed by atoms with van der Waals surface area (Å²) in [5.74, 6) is -2.65. The van der Waals surface area contributed by atoms with Crippen molar-refractivity contribution in [3.63, 3.8) is 0 Å². The molecule has 0 spiro atoms. The van der Waals surface area contributed by atoms with Gasteiger partial charge in [-0.25, -0.2) is 4.39 Å². The smallest absolute Gasteiger partial charge is 0.338 e. The van der Waals surface area contributed by atoms with Gasteiger partial charge in [-0.1, -0.05) is 12.1 Å². The maximum atomic E-state index is 13.0. The van der Waals surface area contributed by atoms with Crippen LogP contribution in [-0.4, -0.2) is 71.5 Å². The van der Waals surface area contributed by atoms with E-state index in [1.807, 2.05) is 0 Å². The number of nitrogens with zero attached hydrogens (tertiary/aromatic N) is 3. The van der Waals surface area contributed by atoms with Crippen LogP contribution >= 0.6 is 0 Å². The number of hydrogen-bond donors (Lipinski definition) is 0. The van der Waals surface area contributed by atoms with Crippen molar-refractivity contribution in [1.29, 1.82) is 0 Å². The Bertz CT molecular complexity index is 685. The first-order valence-corrected chi connectivity index (χ1v) is 8.89. The number of carbonyl (C=O) groups excluding carboxylic acids is 2. The van der Waals surface area contributed by atoms with Gasteiger partial charge in [-0.2, -0.15) is 13.2 Å². The van der Waals surface area contributed by atoms with Crippen LogP contribution in [0.15, 0.2) is 24.3 Å². The van der Waals surface area contributed by atoms with Gasteiger partial charge < -0.3 is 9.80 Å². The second-order valence-electron chi connectivity index (χ2n) is 6.88. The van der Waals surface area contributed by atoms with Crippen LogP contribution in [-0.2, 0) is 16.1 Å². The highest BCUT2D eigenvalue weighted by molar-refractivity contribution is 5.90. The fourth-order valence-electron chi connectivity index (χ4n) is 3.61. The minimum absolute atomic E-state index is 0.0424. The summed E-state index contributed by atoms with van der Waals surface area (Å²) in [7, 11) is 0. The number of halogens is 4. The number of amides is 2. The summed E-state index contributed by atoms with van der Waals surface area (Å²) < 4.78 is 51.1. The van der Waals surface area contributed by atoms with Crippen molar-refractivity contribution >= 4 is 11.8 Å². The van der Waals surface area contributed by atoms with Crippen molar-refractivity contribution in [2.45, 2.75) is 31.6 Å². The van der Waals surface area contributed by atoms with Gasteiger partial charge in [0.25, 0.3) is 0 Å². The Labute approximate surface area is 154 Å². The van der Waals surface area contributed by atoms with Gasteiger partial charge in [-0.3, -0.25) is 14.5 Å². The third-order valence-corrected chi connectivity index (χ3v) is 5.04. The molecule has 2 saturated heterocycles. The number of hydrogen-bond acceptors (Lipinski definition) is 3. The molecule has 2 amide bonds. The van der Waals surface area contributed by atoms with Crippen LogP contribution in [0.1, 0.15) is 18.4 Å². The highest BCUT2D eigenvalue weighted by Crippen LogP contribution is 2.27. The summed E-state index contributed by atoms with van der Waals surface area (Å²) in [5.41, 5.74) is 0.953. The lowest BCUT2D eigenvalue weighted by Gasteiger charge is -2.37. The lowest BCUT2D eigenvalue weighted by molar-refractivity contribution is -0.187. The first kappa shape index (κ1) is 19.6. The normalized spacial score (nSPS) is 21.6. The molecule has 0 saturated carbocycles. The van der Waals surface area contributed by atoms with Crippen LogP contribution in [0.4, 0.5) is 17.6 Å². The Kier molecular flexibility index (Phi) is 5.69. The molecule has 2 aliphatic heterocycles. The van der Waals surface area contributed by atoms with Crippen molar-refractivity contribution in [3.8, 4) is 0 Å². The van der Waals surface area contributed by atoms with Crippen LogP contribution in [0, 0.1) is 5.82 Å². The monoisotopic (exact) mass is 387 g/mol. The second kappa shape index (κ2) is 7.84. The Hall–Kier alpha value is -2.16. The summed E-state index contributed by atoms with van der Waals surface area (Å²) in [6.07, 6.45) is -4.31. The van der Waals surface area contributed by atoms with E-state index in [1.54, 1.807) is 12.1 Å². The second-order valence-corrected chi connectivity index (χ2v) is 6.88. The predicted molar refractivity (Wildman–Crippen MR) is 89.0 cm³/mol. The molecule has 0 aliphatic carbocycles. The van der Waals surface area contributed by atoms with Crippen LogP contribution in [0.5, 0.6) is 0 Å². The predicted octanol–water partition coefficient (Wildman–Crippen LogP) is 2.02. The zero-order valence-electron chi connectivity index (χ0n) is 14.7. The number of alkyl halides is 3. The average Bonchev–Trinajstić information content (AvgIpc) is 3.12. The molecule has 2 heterocycles. The number of rotatable bonds is 3. The van der Waals surface area contributed by atoms with Gasteiger partial charge in [-0.05, 0) is 30.5 Å². The number of benzene rings is 1. The SMILES string of the molecule is O=C(C1CCCN1C(=O)C(F)(F)F)N1CCN(Cc2ccc(F)cc2)CC1. The minimum Gasteiger partial charge on any atom is -0.338 e. The zero-order chi connectivity index (χ0) is 19.6. The lowest BCUT2D eigenvalue weighted by Crippen LogP contribution is -2.55. The van der Waals surface area contributed by atoms with E-state index < -0.39 is 24.0 Å². The zero-order valence-corrected chi connectivity index (χ0v) is 14.7. The lowest BCUT2D eigenvalue weighted by atomic mass is 10.1. The maximum absolute atomic E-state index is 13.0. The van der Waals surface area contributed by atoms with Crippen molar-refractivity contribution < 1.29 is 27.2 Å². The van der Waals surface area contributed by atoms with Gasteiger partial charge >= 0.3 is 12.1 Å². The highest BCUT2D eigenvalue weighted by Gasteiger charge is 2.48. The van der Waals surface area contributed by atoms with Gasteiger partial charge in [0.15, 0.2) is 0 Å². The molecule has 1 unspecified atom stereocenters. The van der Waals surface area contributed by atoms with Crippen LogP contribution in [0.25, 0.3) is 0 Å². The molecule has 27 heavy (non-hydrogen) atoms. The molecular formula is C18H21F4N3O2. The molecule has 0 N–H and O–H groups in total. The quantitative estimate of drug-likeness (QED) is 0.746. The molecule has 1 aromatic carbocycles. The maximum Gasteiger partial charge on any atom is 0.471 e. The van der Waals surface area contributed by atoms with E-state index in [0.717, 1.165) is 5.56 Å². The molecule has 0 bridgehead atoms. The van der Waals surface area contributed by atoms with E-state index >= 15 is 0 Å². The Morgan fingerprint density at radius 2 is 1.63 bits per heavy atom. The standard InChI is InChI=1S/C18H21F4N3O2/c19-14-5-3-13(4-6-14)12-23-8-10-24(11-9-23)16(26)15-2-1-7-25(15)17(27)18(20,21)22/h3-6,15H,1-2,7-12H2. The summed E-state index contributed by atoms with van der Waals surface area (Å²) >= 11 is 0. The molecule has 3 rings (SSSR count). The molecule has 5 nitrogen and oxygen atoms in total. The third-order valence-electron chi connectivity index (χ3n) is 5.04. The average molecular weight is 387 g/mol. The highest BCUT2D eigenvalue weighted by atomic mass is 19.4. The fraction of sp³-hybridized carbons (Fsp3) is 0.556. The van der Waals surface area contributed by atoms with Crippen LogP contribution < -0.4 is 0 Å². The van der Waals surface area contributed by atoms with Gasteiger partial charge in [0.1, 0.15) is 11.9 Å². The van der Waals surface area contributed by atoms with E-state index in [-0.39, 0.29) is 18.8 Å².